The van der Waals surface area contributed by atoms with Gasteiger partial charge in [0.25, 0.3) is 0 Å². The molecule has 0 aliphatic heterocycles. The second-order valence-corrected chi connectivity index (χ2v) is 4.80. The average molecular weight is 231 g/mol. The van der Waals surface area contributed by atoms with E-state index in [2.05, 4.69) is 6.07 Å². The van der Waals surface area contributed by atoms with Crippen molar-refractivity contribution in [2.45, 2.75) is 26.7 Å². The van der Waals surface area contributed by atoms with Crippen LogP contribution in [-0.2, 0) is 7.05 Å². The fraction of sp³-hybridized carbons (Fsp3) is 0.357. The van der Waals surface area contributed by atoms with Gasteiger partial charge in [0, 0.05) is 18.0 Å². The highest BCUT2D eigenvalue weighted by molar-refractivity contribution is 5.98. The molecule has 0 atom stereocenters. The van der Waals surface area contributed by atoms with Gasteiger partial charge in [0.05, 0.1) is 0 Å². The number of hydrogen-bond acceptors (Lipinski definition) is 1. The van der Waals surface area contributed by atoms with Gasteiger partial charge in [-0.1, -0.05) is 25.5 Å². The number of aryl methyl sites for hydroxylation is 2. The number of fused-ring (bicyclic) bond motifs is 1. The molecule has 1 aromatic carbocycles. The first-order valence-electron chi connectivity index (χ1n) is 5.75. The number of rotatable bonds is 2. The standard InChI is InChI=1S/C14H17NO2/c1-8(2)12-10-7-9(3)5-6-11(10)15(4)13(12)14(16)17/h5-8H,1-4H3,(H,16,17). The van der Waals surface area contributed by atoms with Crippen molar-refractivity contribution in [1.29, 1.82) is 0 Å². The molecule has 0 unspecified atom stereocenters. The maximum absolute atomic E-state index is 11.4. The monoisotopic (exact) mass is 231 g/mol. The summed E-state index contributed by atoms with van der Waals surface area (Å²) >= 11 is 0. The first kappa shape index (κ1) is 11.7. The highest BCUT2D eigenvalue weighted by Gasteiger charge is 2.22. The molecule has 1 N–H and O–H groups in total. The molecule has 0 aliphatic carbocycles. The number of carboxylic acid groups (broad SMARTS) is 1. The van der Waals surface area contributed by atoms with Crippen molar-refractivity contribution in [1.82, 2.24) is 4.57 Å². The summed E-state index contributed by atoms with van der Waals surface area (Å²) in [5.41, 5.74) is 3.47. The molecule has 2 rings (SSSR count). The summed E-state index contributed by atoms with van der Waals surface area (Å²) in [6.45, 7) is 6.09. The molecule has 17 heavy (non-hydrogen) atoms. The van der Waals surface area contributed by atoms with Crippen LogP contribution in [0.15, 0.2) is 18.2 Å². The Labute approximate surface area is 101 Å². The zero-order valence-corrected chi connectivity index (χ0v) is 10.6. The molecule has 1 heterocycles. The van der Waals surface area contributed by atoms with Gasteiger partial charge in [0.2, 0.25) is 0 Å². The molecule has 3 nitrogen and oxygen atoms in total. The molecular formula is C14H17NO2. The summed E-state index contributed by atoms with van der Waals surface area (Å²) in [5.74, 6) is -0.656. The van der Waals surface area contributed by atoms with Gasteiger partial charge >= 0.3 is 5.97 Å². The van der Waals surface area contributed by atoms with Crippen LogP contribution in [0.3, 0.4) is 0 Å². The van der Waals surface area contributed by atoms with Crippen molar-refractivity contribution in [3.05, 3.63) is 35.0 Å². The largest absolute Gasteiger partial charge is 0.477 e. The van der Waals surface area contributed by atoms with Gasteiger partial charge in [-0.25, -0.2) is 4.79 Å². The molecule has 0 bridgehead atoms. The minimum absolute atomic E-state index is 0.201. The summed E-state index contributed by atoms with van der Waals surface area (Å²) in [6, 6.07) is 6.07. The van der Waals surface area contributed by atoms with E-state index in [1.165, 1.54) is 0 Å². The summed E-state index contributed by atoms with van der Waals surface area (Å²) in [4.78, 5) is 11.4. The molecule has 0 radical (unpaired) electrons. The topological polar surface area (TPSA) is 42.2 Å². The van der Waals surface area contributed by atoms with Crippen LogP contribution < -0.4 is 0 Å². The van der Waals surface area contributed by atoms with Crippen LogP contribution in [-0.4, -0.2) is 15.6 Å². The number of carbonyl (C=O) groups is 1. The Hall–Kier alpha value is -1.77. The van der Waals surface area contributed by atoms with Gasteiger partial charge in [-0.05, 0) is 30.5 Å². The number of benzene rings is 1. The lowest BCUT2D eigenvalue weighted by atomic mass is 9.98. The molecule has 1 aromatic heterocycles. The fourth-order valence-electron chi connectivity index (χ4n) is 2.43. The first-order valence-corrected chi connectivity index (χ1v) is 5.75. The van der Waals surface area contributed by atoms with Gasteiger partial charge < -0.3 is 9.67 Å². The molecular weight excluding hydrogens is 214 g/mol. The Balaban J connectivity index is 2.93. The van der Waals surface area contributed by atoms with Crippen molar-refractivity contribution in [3.63, 3.8) is 0 Å². The highest BCUT2D eigenvalue weighted by atomic mass is 16.4. The van der Waals surface area contributed by atoms with Crippen LogP contribution in [0.25, 0.3) is 10.9 Å². The molecule has 0 amide bonds. The Morgan fingerprint density at radius 3 is 2.53 bits per heavy atom. The average Bonchev–Trinajstić information content (AvgIpc) is 2.51. The summed E-state index contributed by atoms with van der Waals surface area (Å²) in [5, 5.41) is 10.4. The van der Waals surface area contributed by atoms with Gasteiger partial charge in [0.1, 0.15) is 5.69 Å². The molecule has 0 aliphatic rings. The number of aromatic nitrogens is 1. The van der Waals surface area contributed by atoms with E-state index in [9.17, 15) is 9.90 Å². The maximum atomic E-state index is 11.4. The van der Waals surface area contributed by atoms with E-state index in [0.717, 1.165) is 22.0 Å². The number of carboxylic acids is 1. The lowest BCUT2D eigenvalue weighted by Gasteiger charge is -2.06. The predicted octanol–water partition coefficient (Wildman–Crippen LogP) is 3.31. The molecule has 3 heteroatoms. The van der Waals surface area contributed by atoms with Crippen molar-refractivity contribution < 1.29 is 9.90 Å². The number of aromatic carboxylic acids is 1. The molecule has 90 valence electrons. The quantitative estimate of drug-likeness (QED) is 0.861. The molecule has 0 fully saturated rings. The predicted molar refractivity (Wildman–Crippen MR) is 68.7 cm³/mol. The van der Waals surface area contributed by atoms with Crippen molar-refractivity contribution in [3.8, 4) is 0 Å². The van der Waals surface area contributed by atoms with Crippen molar-refractivity contribution >= 4 is 16.9 Å². The van der Waals surface area contributed by atoms with Crippen LogP contribution in [0.1, 0.15) is 41.4 Å². The van der Waals surface area contributed by atoms with E-state index in [-0.39, 0.29) is 5.92 Å². The molecule has 0 saturated carbocycles. The third-order valence-electron chi connectivity index (χ3n) is 3.17. The SMILES string of the molecule is Cc1ccc2c(c1)c(C(C)C)c(C(=O)O)n2C. The minimum atomic E-state index is -0.856. The summed E-state index contributed by atoms with van der Waals surface area (Å²) in [7, 11) is 1.81. The minimum Gasteiger partial charge on any atom is -0.477 e. The van der Waals surface area contributed by atoms with Gasteiger partial charge in [-0.15, -0.1) is 0 Å². The number of nitrogens with zero attached hydrogens (tertiary/aromatic N) is 1. The second kappa shape index (κ2) is 3.91. The Morgan fingerprint density at radius 2 is 2.00 bits per heavy atom. The Kier molecular flexibility index (Phi) is 2.69. The van der Waals surface area contributed by atoms with Crippen LogP contribution in [0, 0.1) is 6.92 Å². The second-order valence-electron chi connectivity index (χ2n) is 4.80. The lowest BCUT2D eigenvalue weighted by molar-refractivity contribution is 0.0685. The van der Waals surface area contributed by atoms with E-state index in [4.69, 9.17) is 0 Å². The van der Waals surface area contributed by atoms with Crippen LogP contribution in [0.5, 0.6) is 0 Å². The smallest absolute Gasteiger partial charge is 0.352 e. The Morgan fingerprint density at radius 1 is 1.35 bits per heavy atom. The normalized spacial score (nSPS) is 11.4. The Bertz CT molecular complexity index is 594. The lowest BCUT2D eigenvalue weighted by Crippen LogP contribution is -2.08. The van der Waals surface area contributed by atoms with Gasteiger partial charge in [-0.2, -0.15) is 0 Å². The van der Waals surface area contributed by atoms with Crippen LogP contribution >= 0.6 is 0 Å². The van der Waals surface area contributed by atoms with E-state index >= 15 is 0 Å². The maximum Gasteiger partial charge on any atom is 0.352 e. The summed E-state index contributed by atoms with van der Waals surface area (Å²) in [6.07, 6.45) is 0. The molecule has 0 spiro atoms. The van der Waals surface area contributed by atoms with Gasteiger partial charge in [-0.3, -0.25) is 0 Å². The molecule has 2 aromatic rings. The van der Waals surface area contributed by atoms with E-state index in [0.29, 0.717) is 5.69 Å². The highest BCUT2D eigenvalue weighted by Crippen LogP contribution is 2.31. The van der Waals surface area contributed by atoms with E-state index in [1.54, 1.807) is 4.57 Å². The van der Waals surface area contributed by atoms with Crippen molar-refractivity contribution in [2.75, 3.05) is 0 Å². The summed E-state index contributed by atoms with van der Waals surface area (Å²) < 4.78 is 1.77. The van der Waals surface area contributed by atoms with Crippen LogP contribution in [0.2, 0.25) is 0 Å². The third-order valence-corrected chi connectivity index (χ3v) is 3.17. The van der Waals surface area contributed by atoms with E-state index < -0.39 is 5.97 Å². The third kappa shape index (κ3) is 1.71. The zero-order valence-electron chi connectivity index (χ0n) is 10.6. The van der Waals surface area contributed by atoms with Crippen LogP contribution in [0.4, 0.5) is 0 Å². The van der Waals surface area contributed by atoms with Gasteiger partial charge in [0.15, 0.2) is 0 Å². The fourth-order valence-corrected chi connectivity index (χ4v) is 2.43. The first-order chi connectivity index (χ1) is 7.93. The number of hydrogen-bond donors (Lipinski definition) is 1. The van der Waals surface area contributed by atoms with E-state index in [1.807, 2.05) is 40.0 Å². The molecule has 0 saturated heterocycles. The van der Waals surface area contributed by atoms with Crippen molar-refractivity contribution in [2.24, 2.45) is 7.05 Å². The zero-order chi connectivity index (χ0) is 12.7.